The van der Waals surface area contributed by atoms with Gasteiger partial charge in [-0.1, -0.05) is 19.9 Å². The Hall–Kier alpha value is -1.09. The van der Waals surface area contributed by atoms with Crippen LogP contribution in [0.15, 0.2) is 23.4 Å². The lowest BCUT2D eigenvalue weighted by atomic mass is 9.47. The normalized spacial score (nSPS) is 47.7. The molecule has 0 spiro atoms. The molecule has 5 rings (SSSR count). The molecule has 3 fully saturated rings. The maximum atomic E-state index is 12.4. The van der Waals surface area contributed by atoms with Gasteiger partial charge in [0.25, 0.3) is 0 Å². The summed E-state index contributed by atoms with van der Waals surface area (Å²) in [4.78, 5) is 15.0. The largest absolute Gasteiger partial charge is 0.382 e. The third-order valence-corrected chi connectivity index (χ3v) is 9.99. The van der Waals surface area contributed by atoms with Crippen molar-refractivity contribution in [2.24, 2.45) is 28.6 Å². The Balaban J connectivity index is 1.46. The van der Waals surface area contributed by atoms with Gasteiger partial charge in [0, 0.05) is 24.2 Å². The highest BCUT2D eigenvalue weighted by atomic mass is 16.3. The van der Waals surface area contributed by atoms with Crippen molar-refractivity contribution >= 4 is 5.78 Å². The van der Waals surface area contributed by atoms with Crippen LogP contribution in [-0.4, -0.2) is 34.5 Å². The molecule has 3 heteroatoms. The number of ketones is 1. The lowest BCUT2D eigenvalue weighted by Crippen LogP contribution is -2.56. The van der Waals surface area contributed by atoms with Crippen LogP contribution in [0.25, 0.3) is 0 Å². The molecule has 6 atom stereocenters. The van der Waals surface area contributed by atoms with Crippen molar-refractivity contribution in [2.75, 3.05) is 13.1 Å². The Morgan fingerprint density at radius 2 is 1.82 bits per heavy atom. The summed E-state index contributed by atoms with van der Waals surface area (Å²) in [6.07, 6.45) is 15.2. The molecule has 2 saturated carbocycles. The van der Waals surface area contributed by atoms with Crippen molar-refractivity contribution in [3.05, 3.63) is 23.4 Å². The van der Waals surface area contributed by atoms with E-state index in [-0.39, 0.29) is 16.6 Å². The number of fused-ring (bicyclic) bond motifs is 5. The summed E-state index contributed by atoms with van der Waals surface area (Å²) >= 11 is 0. The van der Waals surface area contributed by atoms with Gasteiger partial charge in [0.15, 0.2) is 5.78 Å². The highest BCUT2D eigenvalue weighted by Crippen LogP contribution is 2.67. The van der Waals surface area contributed by atoms with Crippen LogP contribution in [0, 0.1) is 28.6 Å². The van der Waals surface area contributed by atoms with E-state index >= 15 is 0 Å². The second kappa shape index (κ2) is 6.20. The number of nitrogens with zero attached hydrogens (tertiary/aromatic N) is 1. The molecule has 1 saturated heterocycles. The van der Waals surface area contributed by atoms with Gasteiger partial charge in [-0.05, 0) is 99.5 Å². The van der Waals surface area contributed by atoms with E-state index in [1.54, 1.807) is 18.2 Å². The lowest BCUT2D eigenvalue weighted by Gasteiger charge is -2.58. The number of Topliss-reactive ketones (excluding diaryl/α,β-unsaturated/α-hetero) is 1. The molecule has 0 amide bonds. The second-order valence-corrected chi connectivity index (χ2v) is 10.9. The zero-order valence-corrected chi connectivity index (χ0v) is 18.0. The fourth-order valence-electron chi connectivity index (χ4n) is 8.16. The SMILES string of the molecule is CC(=O)[C@@]1(O)CC[C@@H]2[C@H]3CC=C4C=C(N5CCCC5)CC[C@]4(C)[C@H]3CC[C@@]21C. The van der Waals surface area contributed by atoms with Crippen molar-refractivity contribution in [3.63, 3.8) is 0 Å². The molecule has 0 radical (unpaired) electrons. The summed E-state index contributed by atoms with van der Waals surface area (Å²) in [5.74, 6) is 1.81. The molecular weight excluding hydrogens is 346 g/mol. The molecule has 0 aromatic carbocycles. The minimum atomic E-state index is -1.09. The van der Waals surface area contributed by atoms with Crippen LogP contribution >= 0.6 is 0 Å². The topological polar surface area (TPSA) is 40.5 Å². The fraction of sp³-hybridized carbons (Fsp3) is 0.800. The van der Waals surface area contributed by atoms with Crippen LogP contribution in [0.2, 0.25) is 0 Å². The van der Waals surface area contributed by atoms with E-state index in [0.717, 1.165) is 25.7 Å². The number of likely N-dealkylation sites (tertiary alicyclic amines) is 1. The van der Waals surface area contributed by atoms with E-state index in [1.807, 2.05) is 0 Å². The van der Waals surface area contributed by atoms with E-state index in [9.17, 15) is 9.90 Å². The molecule has 28 heavy (non-hydrogen) atoms. The summed E-state index contributed by atoms with van der Waals surface area (Å²) < 4.78 is 0. The van der Waals surface area contributed by atoms with Crippen molar-refractivity contribution in [1.82, 2.24) is 4.90 Å². The first-order valence-electron chi connectivity index (χ1n) is 11.7. The Bertz CT molecular complexity index is 748. The van der Waals surface area contributed by atoms with E-state index in [2.05, 4.69) is 30.9 Å². The number of hydrogen-bond donors (Lipinski definition) is 1. The molecular formula is C25H37NO2. The monoisotopic (exact) mass is 383 g/mol. The Morgan fingerprint density at radius 1 is 1.11 bits per heavy atom. The summed E-state index contributed by atoms with van der Waals surface area (Å²) in [5, 5.41) is 11.3. The van der Waals surface area contributed by atoms with Gasteiger partial charge in [0.2, 0.25) is 0 Å². The van der Waals surface area contributed by atoms with Gasteiger partial charge >= 0.3 is 0 Å². The Labute approximate surface area is 170 Å². The number of aliphatic hydroxyl groups is 1. The molecule has 3 nitrogen and oxygen atoms in total. The van der Waals surface area contributed by atoms with Gasteiger partial charge in [-0.25, -0.2) is 0 Å². The first-order chi connectivity index (χ1) is 13.3. The molecule has 0 unspecified atom stereocenters. The molecule has 1 aliphatic heterocycles. The zero-order chi connectivity index (χ0) is 19.7. The standard InChI is InChI=1S/C25H37NO2/c1-17(27)25(28)13-10-22-20-7-6-18-16-19(26-14-4-5-15-26)8-11-23(18,2)21(20)9-12-24(22,25)3/h6,16,20-22,28H,4-5,7-15H2,1-3H3/t20-,21-,22+,23-,24-,25-/m0/s1. The van der Waals surface area contributed by atoms with Gasteiger partial charge in [0.1, 0.15) is 5.60 Å². The van der Waals surface area contributed by atoms with E-state index in [0.29, 0.717) is 24.2 Å². The summed E-state index contributed by atoms with van der Waals surface area (Å²) in [5.41, 5.74) is 2.12. The van der Waals surface area contributed by atoms with Gasteiger partial charge < -0.3 is 10.0 Å². The molecule has 0 aromatic heterocycles. The average Bonchev–Trinajstić information content (AvgIpc) is 3.29. The Kier molecular flexibility index (Phi) is 4.19. The zero-order valence-electron chi connectivity index (χ0n) is 18.0. The fourth-order valence-corrected chi connectivity index (χ4v) is 8.16. The molecule has 0 aromatic rings. The van der Waals surface area contributed by atoms with Gasteiger partial charge in [-0.3, -0.25) is 4.79 Å². The van der Waals surface area contributed by atoms with E-state index in [1.165, 1.54) is 38.8 Å². The van der Waals surface area contributed by atoms with E-state index in [4.69, 9.17) is 0 Å². The summed E-state index contributed by atoms with van der Waals surface area (Å²) in [7, 11) is 0. The van der Waals surface area contributed by atoms with Crippen LogP contribution in [0.3, 0.4) is 0 Å². The number of hydrogen-bond acceptors (Lipinski definition) is 3. The van der Waals surface area contributed by atoms with Gasteiger partial charge in [-0.2, -0.15) is 0 Å². The first kappa shape index (κ1) is 18.9. The number of carbonyl (C=O) groups excluding carboxylic acids is 1. The van der Waals surface area contributed by atoms with Crippen molar-refractivity contribution in [3.8, 4) is 0 Å². The third-order valence-electron chi connectivity index (χ3n) is 9.99. The summed E-state index contributed by atoms with van der Waals surface area (Å²) in [6, 6.07) is 0. The van der Waals surface area contributed by atoms with E-state index < -0.39 is 5.60 Å². The third kappa shape index (κ3) is 2.35. The van der Waals surface area contributed by atoms with Crippen LogP contribution in [-0.2, 0) is 4.79 Å². The predicted octanol–water partition coefficient (Wildman–Crippen LogP) is 4.86. The van der Waals surface area contributed by atoms with Gasteiger partial charge in [0.05, 0.1) is 0 Å². The van der Waals surface area contributed by atoms with Crippen LogP contribution in [0.4, 0.5) is 0 Å². The van der Waals surface area contributed by atoms with Crippen LogP contribution in [0.5, 0.6) is 0 Å². The lowest BCUT2D eigenvalue weighted by molar-refractivity contribution is -0.158. The molecule has 0 bridgehead atoms. The minimum absolute atomic E-state index is 0.00921. The molecule has 1 N–H and O–H groups in total. The van der Waals surface area contributed by atoms with Crippen molar-refractivity contribution in [2.45, 2.75) is 84.2 Å². The quantitative estimate of drug-likeness (QED) is 0.740. The summed E-state index contributed by atoms with van der Waals surface area (Å²) in [6.45, 7) is 8.82. The van der Waals surface area contributed by atoms with Crippen molar-refractivity contribution < 1.29 is 9.90 Å². The van der Waals surface area contributed by atoms with Crippen LogP contribution in [0.1, 0.15) is 78.6 Å². The molecule has 4 aliphatic carbocycles. The Morgan fingerprint density at radius 3 is 2.54 bits per heavy atom. The number of rotatable bonds is 2. The maximum absolute atomic E-state index is 12.4. The molecule has 1 heterocycles. The highest BCUT2D eigenvalue weighted by Gasteiger charge is 2.65. The van der Waals surface area contributed by atoms with Gasteiger partial charge in [-0.15, -0.1) is 0 Å². The van der Waals surface area contributed by atoms with Crippen LogP contribution < -0.4 is 0 Å². The number of carbonyl (C=O) groups is 1. The molecule has 5 aliphatic rings. The number of allylic oxidation sites excluding steroid dienone is 4. The minimum Gasteiger partial charge on any atom is -0.382 e. The van der Waals surface area contributed by atoms with Crippen molar-refractivity contribution in [1.29, 1.82) is 0 Å². The average molecular weight is 384 g/mol. The highest BCUT2D eigenvalue weighted by molar-refractivity contribution is 5.86. The second-order valence-electron chi connectivity index (χ2n) is 10.9. The maximum Gasteiger partial charge on any atom is 0.161 e. The molecule has 154 valence electrons. The smallest absolute Gasteiger partial charge is 0.161 e. The predicted molar refractivity (Wildman–Crippen MR) is 112 cm³/mol. The first-order valence-corrected chi connectivity index (χ1v) is 11.7.